The highest BCUT2D eigenvalue weighted by Crippen LogP contribution is 2.29. The number of nitrogens with one attached hydrogen (secondary N) is 3. The van der Waals surface area contributed by atoms with E-state index in [-0.39, 0.29) is 36.0 Å². The quantitative estimate of drug-likeness (QED) is 0.524. The molecular formula is C26H30F3N5O3. The highest BCUT2D eigenvalue weighted by atomic mass is 19.4. The molecule has 0 bridgehead atoms. The first kappa shape index (κ1) is 26.6. The lowest BCUT2D eigenvalue weighted by Crippen LogP contribution is -2.46. The van der Waals surface area contributed by atoms with Crippen LogP contribution >= 0.6 is 0 Å². The molecule has 3 N–H and O–H groups in total. The molecule has 11 heteroatoms. The maximum atomic E-state index is 12.9. The van der Waals surface area contributed by atoms with E-state index in [0.29, 0.717) is 18.2 Å². The van der Waals surface area contributed by atoms with Crippen LogP contribution in [0.2, 0.25) is 0 Å². The number of amides is 3. The van der Waals surface area contributed by atoms with Gasteiger partial charge in [-0.15, -0.1) is 0 Å². The standard InChI is InChI=1S/C26H30F3N5O3/c27-26(28,29)19-5-1-3-17(13-19)24(36)31-15-23(35)32-21-10-12-34(16-21)22-8-6-20(7-9-22)33-25(37)18-4-2-11-30-14-18/h1-5,11,13-14,20-22H,6-10,12,15-16H2,(H,31,36)(H,32,35)(H,33,37)/t20?,21-,22?/m1/s1. The lowest BCUT2D eigenvalue weighted by Gasteiger charge is -2.35. The molecule has 1 aromatic heterocycles. The van der Waals surface area contributed by atoms with Gasteiger partial charge in [0, 0.05) is 49.2 Å². The number of carbonyl (C=O) groups is 3. The van der Waals surface area contributed by atoms with Crippen LogP contribution in [0.5, 0.6) is 0 Å². The number of benzene rings is 1. The summed E-state index contributed by atoms with van der Waals surface area (Å²) in [6, 6.07) is 8.02. The zero-order valence-electron chi connectivity index (χ0n) is 20.3. The molecule has 2 aliphatic rings. The van der Waals surface area contributed by atoms with Crippen molar-refractivity contribution in [1.29, 1.82) is 0 Å². The van der Waals surface area contributed by atoms with Crippen molar-refractivity contribution in [3.63, 3.8) is 0 Å². The van der Waals surface area contributed by atoms with Gasteiger partial charge in [-0.1, -0.05) is 6.07 Å². The number of hydrogen-bond acceptors (Lipinski definition) is 5. The zero-order valence-corrected chi connectivity index (χ0v) is 20.3. The molecule has 2 heterocycles. The van der Waals surface area contributed by atoms with Crippen molar-refractivity contribution >= 4 is 17.7 Å². The van der Waals surface area contributed by atoms with Crippen molar-refractivity contribution in [3.8, 4) is 0 Å². The first-order valence-corrected chi connectivity index (χ1v) is 12.4. The van der Waals surface area contributed by atoms with E-state index in [2.05, 4.69) is 25.8 Å². The molecule has 2 aromatic rings. The van der Waals surface area contributed by atoms with E-state index in [1.165, 1.54) is 6.07 Å². The molecule has 1 aliphatic carbocycles. The second kappa shape index (κ2) is 11.7. The normalized spacial score (nSPS) is 22.3. The first-order valence-electron chi connectivity index (χ1n) is 12.4. The fourth-order valence-corrected chi connectivity index (χ4v) is 4.97. The molecule has 1 saturated heterocycles. The van der Waals surface area contributed by atoms with Crippen LogP contribution in [-0.2, 0) is 11.0 Å². The summed E-state index contributed by atoms with van der Waals surface area (Å²) in [7, 11) is 0. The van der Waals surface area contributed by atoms with Crippen molar-refractivity contribution in [2.45, 2.75) is 56.4 Å². The van der Waals surface area contributed by atoms with Gasteiger partial charge in [0.05, 0.1) is 17.7 Å². The minimum Gasteiger partial charge on any atom is -0.350 e. The maximum Gasteiger partial charge on any atom is 0.416 e. The molecule has 1 aliphatic heterocycles. The Morgan fingerprint density at radius 1 is 0.919 bits per heavy atom. The molecule has 0 radical (unpaired) electrons. The van der Waals surface area contributed by atoms with Gasteiger partial charge in [0.1, 0.15) is 0 Å². The van der Waals surface area contributed by atoms with Gasteiger partial charge in [-0.2, -0.15) is 13.2 Å². The Hall–Kier alpha value is -3.47. The third kappa shape index (κ3) is 7.28. The number of pyridine rings is 1. The van der Waals surface area contributed by atoms with Gasteiger partial charge < -0.3 is 16.0 Å². The highest BCUT2D eigenvalue weighted by molar-refractivity contribution is 5.96. The van der Waals surface area contributed by atoms with Crippen LogP contribution in [0.1, 0.15) is 58.4 Å². The Morgan fingerprint density at radius 3 is 2.38 bits per heavy atom. The van der Waals surface area contributed by atoms with Gasteiger partial charge in [-0.3, -0.25) is 24.3 Å². The summed E-state index contributed by atoms with van der Waals surface area (Å²) in [4.78, 5) is 43.2. The topological polar surface area (TPSA) is 103 Å². The van der Waals surface area contributed by atoms with Gasteiger partial charge in [-0.05, 0) is 62.4 Å². The molecule has 1 saturated carbocycles. The summed E-state index contributed by atoms with van der Waals surface area (Å²) in [6.07, 6.45) is 3.08. The summed E-state index contributed by atoms with van der Waals surface area (Å²) < 4.78 is 38.6. The summed E-state index contributed by atoms with van der Waals surface area (Å²) in [5, 5.41) is 8.37. The average molecular weight is 518 g/mol. The van der Waals surface area contributed by atoms with Crippen molar-refractivity contribution in [2.75, 3.05) is 19.6 Å². The molecule has 0 spiro atoms. The molecular weight excluding hydrogens is 487 g/mol. The Balaban J connectivity index is 1.16. The third-order valence-electron chi connectivity index (χ3n) is 6.92. The molecule has 37 heavy (non-hydrogen) atoms. The van der Waals surface area contributed by atoms with E-state index in [4.69, 9.17) is 0 Å². The van der Waals surface area contributed by atoms with Gasteiger partial charge in [0.15, 0.2) is 0 Å². The largest absolute Gasteiger partial charge is 0.416 e. The smallest absolute Gasteiger partial charge is 0.350 e. The van der Waals surface area contributed by atoms with Gasteiger partial charge in [0.25, 0.3) is 11.8 Å². The number of nitrogens with zero attached hydrogens (tertiary/aromatic N) is 2. The Morgan fingerprint density at radius 2 is 1.68 bits per heavy atom. The second-order valence-corrected chi connectivity index (χ2v) is 9.53. The lowest BCUT2D eigenvalue weighted by molar-refractivity contribution is -0.137. The van der Waals surface area contributed by atoms with Crippen molar-refractivity contribution in [2.24, 2.45) is 0 Å². The minimum absolute atomic E-state index is 0.0547. The Kier molecular flexibility index (Phi) is 8.42. The van der Waals surface area contributed by atoms with Crippen molar-refractivity contribution in [1.82, 2.24) is 25.8 Å². The average Bonchev–Trinajstić information content (AvgIpc) is 3.36. The number of halogens is 3. The third-order valence-corrected chi connectivity index (χ3v) is 6.92. The Labute approximate surface area is 213 Å². The molecule has 0 unspecified atom stereocenters. The van der Waals surface area contributed by atoms with Crippen LogP contribution in [0, 0.1) is 0 Å². The summed E-state index contributed by atoms with van der Waals surface area (Å²) in [6.45, 7) is 1.23. The lowest BCUT2D eigenvalue weighted by atomic mass is 9.90. The molecule has 198 valence electrons. The monoisotopic (exact) mass is 517 g/mol. The molecule has 1 aromatic carbocycles. The molecule has 8 nitrogen and oxygen atoms in total. The molecule has 1 atom stereocenters. The van der Waals surface area contributed by atoms with Crippen LogP contribution < -0.4 is 16.0 Å². The molecule has 2 fully saturated rings. The zero-order chi connectivity index (χ0) is 26.4. The van der Waals surface area contributed by atoms with Crippen LogP contribution in [-0.4, -0.2) is 65.4 Å². The molecule has 4 rings (SSSR count). The van der Waals surface area contributed by atoms with Crippen LogP contribution in [0.4, 0.5) is 13.2 Å². The van der Waals surface area contributed by atoms with Crippen LogP contribution in [0.3, 0.4) is 0 Å². The highest BCUT2D eigenvalue weighted by Gasteiger charge is 2.33. The SMILES string of the molecule is O=C(CNC(=O)c1cccc(C(F)(F)F)c1)N[C@@H]1CCN(C2CCC(NC(=O)c3cccnc3)CC2)C1. The fraction of sp³-hybridized carbons (Fsp3) is 0.462. The first-order chi connectivity index (χ1) is 17.7. The summed E-state index contributed by atoms with van der Waals surface area (Å²) in [5.74, 6) is -1.23. The van der Waals surface area contributed by atoms with E-state index < -0.39 is 17.6 Å². The summed E-state index contributed by atoms with van der Waals surface area (Å²) in [5.41, 5.74) is -0.517. The maximum absolute atomic E-state index is 12.9. The van der Waals surface area contributed by atoms with E-state index >= 15 is 0 Å². The van der Waals surface area contributed by atoms with E-state index in [1.807, 2.05) is 0 Å². The van der Waals surface area contributed by atoms with Gasteiger partial charge in [-0.25, -0.2) is 0 Å². The number of hydrogen-bond donors (Lipinski definition) is 3. The predicted octanol–water partition coefficient (Wildman–Crippen LogP) is 2.76. The van der Waals surface area contributed by atoms with Crippen molar-refractivity contribution < 1.29 is 27.6 Å². The van der Waals surface area contributed by atoms with E-state index in [1.54, 1.807) is 24.5 Å². The van der Waals surface area contributed by atoms with E-state index in [0.717, 1.165) is 56.8 Å². The number of aromatic nitrogens is 1. The fourth-order valence-electron chi connectivity index (χ4n) is 4.97. The summed E-state index contributed by atoms with van der Waals surface area (Å²) >= 11 is 0. The number of likely N-dealkylation sites (tertiary alicyclic amines) is 1. The molecule has 3 amide bonds. The van der Waals surface area contributed by atoms with Crippen molar-refractivity contribution in [3.05, 3.63) is 65.5 Å². The van der Waals surface area contributed by atoms with Crippen LogP contribution in [0.15, 0.2) is 48.8 Å². The van der Waals surface area contributed by atoms with Gasteiger partial charge in [0.2, 0.25) is 5.91 Å². The minimum atomic E-state index is -4.55. The number of rotatable bonds is 7. The number of carbonyl (C=O) groups excluding carboxylic acids is 3. The van der Waals surface area contributed by atoms with Gasteiger partial charge >= 0.3 is 6.18 Å². The second-order valence-electron chi connectivity index (χ2n) is 9.53. The van der Waals surface area contributed by atoms with Crippen LogP contribution in [0.25, 0.3) is 0 Å². The Bertz CT molecular complexity index is 1100. The predicted molar refractivity (Wildman–Crippen MR) is 130 cm³/mol. The number of alkyl halides is 3. The van der Waals surface area contributed by atoms with E-state index in [9.17, 15) is 27.6 Å².